The minimum absolute atomic E-state index is 0.225. The Morgan fingerprint density at radius 2 is 1.79 bits per heavy atom. The molecule has 3 rings (SSSR count). The van der Waals surface area contributed by atoms with E-state index in [9.17, 15) is 4.79 Å². The first-order chi connectivity index (χ1) is 15.9. The Kier molecular flexibility index (Phi) is 8.10. The fraction of sp³-hybridized carbons (Fsp3) is 0.208. The van der Waals surface area contributed by atoms with E-state index in [4.69, 9.17) is 25.8 Å². The van der Waals surface area contributed by atoms with Gasteiger partial charge in [-0.3, -0.25) is 15.1 Å². The van der Waals surface area contributed by atoms with E-state index in [1.165, 1.54) is 21.3 Å². The van der Waals surface area contributed by atoms with Crippen LogP contribution in [-0.4, -0.2) is 38.2 Å². The van der Waals surface area contributed by atoms with Gasteiger partial charge in [-0.15, -0.1) is 0 Å². The fourth-order valence-electron chi connectivity index (χ4n) is 3.01. The minimum Gasteiger partial charge on any atom is -0.493 e. The Balaban J connectivity index is 1.91. The second-order valence-electron chi connectivity index (χ2n) is 7.00. The van der Waals surface area contributed by atoms with Gasteiger partial charge in [0, 0.05) is 18.0 Å². The van der Waals surface area contributed by atoms with Gasteiger partial charge in [0.05, 0.1) is 38.6 Å². The molecule has 0 unspecified atom stereocenters. The van der Waals surface area contributed by atoms with E-state index in [1.807, 2.05) is 37.3 Å². The molecule has 2 N–H and O–H groups in total. The number of aromatic nitrogens is 1. The van der Waals surface area contributed by atoms with Crippen LogP contribution in [0.2, 0.25) is 5.02 Å². The first kappa shape index (κ1) is 23.9. The predicted molar refractivity (Wildman–Crippen MR) is 129 cm³/mol. The van der Waals surface area contributed by atoms with Crippen molar-refractivity contribution >= 4 is 29.2 Å². The van der Waals surface area contributed by atoms with Gasteiger partial charge >= 0.3 is 0 Å². The van der Waals surface area contributed by atoms with Crippen molar-refractivity contribution in [1.29, 1.82) is 0 Å². The van der Waals surface area contributed by atoms with Crippen LogP contribution in [0.3, 0.4) is 0 Å². The number of pyridine rings is 1. The van der Waals surface area contributed by atoms with Gasteiger partial charge in [0.15, 0.2) is 11.5 Å². The molecule has 9 heteroatoms. The van der Waals surface area contributed by atoms with E-state index < -0.39 is 5.91 Å². The average molecular weight is 469 g/mol. The van der Waals surface area contributed by atoms with E-state index in [-0.39, 0.29) is 5.96 Å². The third-order valence-corrected chi connectivity index (χ3v) is 4.99. The van der Waals surface area contributed by atoms with Gasteiger partial charge in [-0.05, 0) is 48.4 Å². The highest BCUT2D eigenvalue weighted by atomic mass is 35.5. The van der Waals surface area contributed by atoms with Crippen LogP contribution in [-0.2, 0) is 6.54 Å². The van der Waals surface area contributed by atoms with Gasteiger partial charge in [0.2, 0.25) is 11.7 Å². The summed E-state index contributed by atoms with van der Waals surface area (Å²) in [4.78, 5) is 21.7. The first-order valence-corrected chi connectivity index (χ1v) is 10.4. The summed E-state index contributed by atoms with van der Waals surface area (Å²) >= 11 is 6.37. The molecule has 0 spiro atoms. The molecule has 33 heavy (non-hydrogen) atoms. The molecule has 172 valence electrons. The van der Waals surface area contributed by atoms with Crippen LogP contribution in [0.15, 0.2) is 59.9 Å². The smallest absolute Gasteiger partial charge is 0.258 e. The maximum atomic E-state index is 13.1. The number of methoxy groups -OCH3 is 3. The lowest BCUT2D eigenvalue weighted by molar-refractivity contribution is 0.0976. The highest BCUT2D eigenvalue weighted by molar-refractivity contribution is 6.34. The van der Waals surface area contributed by atoms with Crippen LogP contribution >= 0.6 is 11.6 Å². The molecule has 3 aromatic rings. The lowest BCUT2D eigenvalue weighted by atomic mass is 10.1. The van der Waals surface area contributed by atoms with E-state index in [2.05, 4.69) is 20.6 Å². The molecule has 0 saturated heterocycles. The Bertz CT molecular complexity index is 1130. The largest absolute Gasteiger partial charge is 0.493 e. The Hall–Kier alpha value is -3.78. The number of nitrogens with one attached hydrogen (secondary N) is 2. The average Bonchev–Trinajstić information content (AvgIpc) is 2.83. The van der Waals surface area contributed by atoms with Crippen LogP contribution in [0.5, 0.6) is 17.2 Å². The van der Waals surface area contributed by atoms with Crippen molar-refractivity contribution in [2.24, 2.45) is 4.99 Å². The van der Waals surface area contributed by atoms with Crippen molar-refractivity contribution in [2.75, 3.05) is 26.6 Å². The van der Waals surface area contributed by atoms with Crippen LogP contribution in [0.4, 0.5) is 5.69 Å². The molecule has 0 saturated carbocycles. The molecular formula is C24H25ClN4O4. The molecule has 1 amide bonds. The zero-order chi connectivity index (χ0) is 23.8. The maximum Gasteiger partial charge on any atom is 0.258 e. The number of aliphatic imine (C=N–C) groups is 1. The van der Waals surface area contributed by atoms with Gasteiger partial charge in [0.1, 0.15) is 0 Å². The van der Waals surface area contributed by atoms with Crippen LogP contribution < -0.4 is 24.8 Å². The number of hydrogen-bond acceptors (Lipinski definition) is 6. The fourth-order valence-corrected chi connectivity index (χ4v) is 3.30. The lowest BCUT2D eigenvalue weighted by Crippen LogP contribution is -2.36. The molecule has 0 atom stereocenters. The van der Waals surface area contributed by atoms with Gasteiger partial charge in [-0.1, -0.05) is 23.7 Å². The van der Waals surface area contributed by atoms with Crippen molar-refractivity contribution in [3.05, 3.63) is 76.6 Å². The van der Waals surface area contributed by atoms with Gasteiger partial charge in [0.25, 0.3) is 5.91 Å². The van der Waals surface area contributed by atoms with E-state index in [0.717, 1.165) is 11.1 Å². The Labute approximate surface area is 197 Å². The second kappa shape index (κ2) is 11.2. The highest BCUT2D eigenvalue weighted by Crippen LogP contribution is 2.38. The zero-order valence-corrected chi connectivity index (χ0v) is 19.6. The molecule has 0 bridgehead atoms. The van der Waals surface area contributed by atoms with Crippen LogP contribution in [0.25, 0.3) is 0 Å². The Morgan fingerprint density at radius 3 is 2.36 bits per heavy atom. The molecule has 0 fully saturated rings. The van der Waals surface area contributed by atoms with Crippen molar-refractivity contribution in [3.63, 3.8) is 0 Å². The van der Waals surface area contributed by atoms with Crippen molar-refractivity contribution in [1.82, 2.24) is 10.3 Å². The molecule has 8 nitrogen and oxygen atoms in total. The predicted octanol–water partition coefficient (Wildman–Crippen LogP) is 4.47. The molecule has 1 aromatic heterocycles. The number of benzene rings is 2. The van der Waals surface area contributed by atoms with Crippen molar-refractivity contribution in [3.8, 4) is 17.2 Å². The maximum absolute atomic E-state index is 13.1. The molecule has 0 aliphatic rings. The number of carbonyl (C=O) groups is 1. The number of hydrogen-bond donors (Lipinski definition) is 2. The number of guanidine groups is 1. The standard InChI is InChI=1S/C24H25ClN4O4/c1-15-7-8-19(18(25)10-15)28-24(27-14-16-6-5-9-26-13-16)29-23(30)17-11-20(31-2)22(33-4)21(12-17)32-3/h5-13H,14H2,1-4H3,(H2,27,28,29,30). The molecule has 1 heterocycles. The molecular weight excluding hydrogens is 444 g/mol. The number of ether oxygens (including phenoxy) is 3. The highest BCUT2D eigenvalue weighted by Gasteiger charge is 2.18. The number of halogens is 1. The molecule has 0 radical (unpaired) electrons. The third kappa shape index (κ3) is 6.14. The van der Waals surface area contributed by atoms with Gasteiger partial charge < -0.3 is 19.5 Å². The number of nitrogens with zero attached hydrogens (tertiary/aromatic N) is 2. The SMILES string of the molecule is COc1cc(C(=O)NC(=NCc2cccnc2)Nc2ccc(C)cc2Cl)cc(OC)c1OC. The molecule has 0 aliphatic heterocycles. The van der Waals surface area contributed by atoms with Crippen LogP contribution in [0, 0.1) is 6.92 Å². The summed E-state index contributed by atoms with van der Waals surface area (Å²) in [6.07, 6.45) is 3.39. The Morgan fingerprint density at radius 1 is 1.06 bits per heavy atom. The second-order valence-corrected chi connectivity index (χ2v) is 7.41. The zero-order valence-electron chi connectivity index (χ0n) is 18.8. The summed E-state index contributed by atoms with van der Waals surface area (Å²) in [5.74, 6) is 0.931. The number of anilines is 1. The minimum atomic E-state index is -0.421. The van der Waals surface area contributed by atoms with E-state index >= 15 is 0 Å². The van der Waals surface area contributed by atoms with Crippen molar-refractivity contribution < 1.29 is 19.0 Å². The number of aryl methyl sites for hydroxylation is 1. The summed E-state index contributed by atoms with van der Waals surface area (Å²) in [5, 5.41) is 6.41. The summed E-state index contributed by atoms with van der Waals surface area (Å²) in [6, 6.07) is 12.4. The van der Waals surface area contributed by atoms with Crippen molar-refractivity contribution in [2.45, 2.75) is 13.5 Å². The van der Waals surface area contributed by atoms with Gasteiger partial charge in [-0.2, -0.15) is 0 Å². The number of amides is 1. The third-order valence-electron chi connectivity index (χ3n) is 4.68. The molecule has 0 aliphatic carbocycles. The monoisotopic (exact) mass is 468 g/mol. The van der Waals surface area contributed by atoms with Gasteiger partial charge in [-0.25, -0.2) is 4.99 Å². The topological polar surface area (TPSA) is 94.1 Å². The summed E-state index contributed by atoms with van der Waals surface area (Å²) in [6.45, 7) is 2.24. The van der Waals surface area contributed by atoms with E-state index in [1.54, 1.807) is 24.5 Å². The quantitative estimate of drug-likeness (QED) is 0.392. The summed E-state index contributed by atoms with van der Waals surface area (Å²) < 4.78 is 16.0. The lowest BCUT2D eigenvalue weighted by Gasteiger charge is -2.16. The number of carbonyl (C=O) groups excluding carboxylic acids is 1. The normalized spacial score (nSPS) is 11.0. The molecule has 2 aromatic carbocycles. The van der Waals surface area contributed by atoms with E-state index in [0.29, 0.717) is 40.1 Å². The number of rotatable bonds is 7. The summed E-state index contributed by atoms with van der Waals surface area (Å²) in [5.41, 5.74) is 2.81. The summed E-state index contributed by atoms with van der Waals surface area (Å²) in [7, 11) is 4.47. The first-order valence-electron chi connectivity index (χ1n) is 10.0. The van der Waals surface area contributed by atoms with Crippen LogP contribution in [0.1, 0.15) is 21.5 Å².